The Labute approximate surface area is 161 Å². The number of carbonyl (C=O) groups is 2. The van der Waals surface area contributed by atoms with Gasteiger partial charge in [0.25, 0.3) is 0 Å². The molecule has 0 fully saturated rings. The van der Waals surface area contributed by atoms with Crippen LogP contribution in [0.1, 0.15) is 12.5 Å². The highest BCUT2D eigenvalue weighted by Crippen LogP contribution is 2.24. The first-order chi connectivity index (χ1) is 13.4. The lowest BCUT2D eigenvalue weighted by molar-refractivity contribution is -0.114. The van der Waals surface area contributed by atoms with Crippen molar-refractivity contribution in [2.45, 2.75) is 6.92 Å². The third-order valence-corrected chi connectivity index (χ3v) is 3.97. The Morgan fingerprint density at radius 3 is 2.21 bits per heavy atom. The number of rotatable bonds is 5. The van der Waals surface area contributed by atoms with Crippen molar-refractivity contribution in [3.8, 4) is 11.3 Å². The first-order valence-electron chi connectivity index (χ1n) is 8.57. The van der Waals surface area contributed by atoms with E-state index in [-0.39, 0.29) is 17.6 Å². The second kappa shape index (κ2) is 8.30. The number of halogens is 1. The minimum atomic E-state index is -0.313. The summed E-state index contributed by atoms with van der Waals surface area (Å²) in [4.78, 5) is 23.2. The van der Waals surface area contributed by atoms with Gasteiger partial charge in [0.2, 0.25) is 11.8 Å². The van der Waals surface area contributed by atoms with E-state index in [4.69, 9.17) is 0 Å². The molecule has 0 saturated heterocycles. The van der Waals surface area contributed by atoms with E-state index in [1.807, 2.05) is 0 Å². The van der Waals surface area contributed by atoms with Crippen LogP contribution in [0.4, 0.5) is 15.8 Å². The molecular weight excluding hydrogens is 359 g/mol. The lowest BCUT2D eigenvalue weighted by Gasteiger charge is -2.06. The molecule has 1 aromatic heterocycles. The topological polar surface area (TPSA) is 76.0 Å². The van der Waals surface area contributed by atoms with Gasteiger partial charge in [-0.15, -0.1) is 0 Å². The average molecular weight is 378 g/mol. The van der Waals surface area contributed by atoms with E-state index in [1.165, 1.54) is 25.1 Å². The third kappa shape index (κ3) is 4.70. The molecule has 0 spiro atoms. The summed E-state index contributed by atoms with van der Waals surface area (Å²) in [6.45, 7) is 1.43. The SMILES string of the molecule is CC(=O)Nc1ccc(NC(=O)/C=C/c2cnn(C)c2-c2ccc(F)cc2)cc1. The highest BCUT2D eigenvalue weighted by atomic mass is 19.1. The van der Waals surface area contributed by atoms with Crippen LogP contribution in [0.2, 0.25) is 0 Å². The molecule has 1 heterocycles. The van der Waals surface area contributed by atoms with Crippen LogP contribution in [-0.4, -0.2) is 21.6 Å². The molecule has 0 aliphatic rings. The maximum Gasteiger partial charge on any atom is 0.248 e. The Bertz CT molecular complexity index is 1020. The summed E-state index contributed by atoms with van der Waals surface area (Å²) >= 11 is 0. The van der Waals surface area contributed by atoms with E-state index >= 15 is 0 Å². The molecule has 0 unspecified atom stereocenters. The molecule has 6 nitrogen and oxygen atoms in total. The molecule has 3 rings (SSSR count). The minimum absolute atomic E-state index is 0.159. The lowest BCUT2D eigenvalue weighted by Crippen LogP contribution is -2.08. The number of amides is 2. The maximum absolute atomic E-state index is 13.2. The van der Waals surface area contributed by atoms with Gasteiger partial charge >= 0.3 is 0 Å². The second-order valence-electron chi connectivity index (χ2n) is 6.16. The molecular formula is C21H19FN4O2. The first kappa shape index (κ1) is 19.0. The van der Waals surface area contributed by atoms with Crippen LogP contribution in [0, 0.1) is 5.82 Å². The van der Waals surface area contributed by atoms with Gasteiger partial charge < -0.3 is 10.6 Å². The number of aromatic nitrogens is 2. The van der Waals surface area contributed by atoms with Crippen LogP contribution in [0.25, 0.3) is 17.3 Å². The normalized spacial score (nSPS) is 10.8. The zero-order valence-corrected chi connectivity index (χ0v) is 15.4. The van der Waals surface area contributed by atoms with Crippen molar-refractivity contribution in [1.29, 1.82) is 0 Å². The molecule has 0 bridgehead atoms. The van der Waals surface area contributed by atoms with Gasteiger partial charge in [0, 0.05) is 42.5 Å². The highest BCUT2D eigenvalue weighted by Gasteiger charge is 2.09. The molecule has 28 heavy (non-hydrogen) atoms. The summed E-state index contributed by atoms with van der Waals surface area (Å²) < 4.78 is 14.8. The molecule has 0 saturated carbocycles. The molecule has 2 N–H and O–H groups in total. The van der Waals surface area contributed by atoms with Gasteiger partial charge in [-0.05, 0) is 54.6 Å². The molecule has 0 atom stereocenters. The summed E-state index contributed by atoms with van der Waals surface area (Å²) in [5.41, 5.74) is 3.58. The summed E-state index contributed by atoms with van der Waals surface area (Å²) in [7, 11) is 1.78. The maximum atomic E-state index is 13.2. The van der Waals surface area contributed by atoms with Gasteiger partial charge in [-0.1, -0.05) is 0 Å². The minimum Gasteiger partial charge on any atom is -0.326 e. The lowest BCUT2D eigenvalue weighted by atomic mass is 10.1. The van der Waals surface area contributed by atoms with Gasteiger partial charge in [-0.3, -0.25) is 14.3 Å². The number of nitrogens with one attached hydrogen (secondary N) is 2. The van der Waals surface area contributed by atoms with Crippen LogP contribution < -0.4 is 10.6 Å². The molecule has 0 aliphatic heterocycles. The number of hydrogen-bond donors (Lipinski definition) is 2. The van der Waals surface area contributed by atoms with Crippen molar-refractivity contribution >= 4 is 29.3 Å². The molecule has 7 heteroatoms. The zero-order chi connectivity index (χ0) is 20.1. The fourth-order valence-corrected chi connectivity index (χ4v) is 2.73. The van der Waals surface area contributed by atoms with Crippen molar-refractivity contribution in [2.24, 2.45) is 7.05 Å². The monoisotopic (exact) mass is 378 g/mol. The fourth-order valence-electron chi connectivity index (χ4n) is 2.73. The van der Waals surface area contributed by atoms with Crippen molar-refractivity contribution < 1.29 is 14.0 Å². The number of nitrogens with zero attached hydrogens (tertiary/aromatic N) is 2. The van der Waals surface area contributed by atoms with E-state index in [1.54, 1.807) is 60.4 Å². The van der Waals surface area contributed by atoms with Crippen molar-refractivity contribution in [2.75, 3.05) is 10.6 Å². The van der Waals surface area contributed by atoms with Crippen LogP contribution in [0.15, 0.2) is 60.8 Å². The molecule has 3 aromatic rings. The van der Waals surface area contributed by atoms with Crippen LogP contribution in [-0.2, 0) is 16.6 Å². The number of carbonyl (C=O) groups excluding carboxylic acids is 2. The van der Waals surface area contributed by atoms with E-state index in [2.05, 4.69) is 15.7 Å². The number of hydrogen-bond acceptors (Lipinski definition) is 3. The molecule has 142 valence electrons. The Kier molecular flexibility index (Phi) is 5.64. The number of aryl methyl sites for hydroxylation is 1. The number of anilines is 2. The van der Waals surface area contributed by atoms with E-state index in [9.17, 15) is 14.0 Å². The summed E-state index contributed by atoms with van der Waals surface area (Å²) in [6.07, 6.45) is 4.71. The first-order valence-corrected chi connectivity index (χ1v) is 8.57. The van der Waals surface area contributed by atoms with Crippen molar-refractivity contribution in [1.82, 2.24) is 9.78 Å². The molecule has 0 aliphatic carbocycles. The van der Waals surface area contributed by atoms with E-state index in [0.29, 0.717) is 11.4 Å². The Morgan fingerprint density at radius 1 is 1.00 bits per heavy atom. The quantitative estimate of drug-likeness (QED) is 0.663. The van der Waals surface area contributed by atoms with Gasteiger partial charge in [-0.2, -0.15) is 5.10 Å². The predicted octanol–water partition coefficient (Wildman–Crippen LogP) is 3.84. The predicted molar refractivity (Wildman–Crippen MR) is 107 cm³/mol. The smallest absolute Gasteiger partial charge is 0.248 e. The summed E-state index contributed by atoms with van der Waals surface area (Å²) in [6, 6.07) is 12.9. The fraction of sp³-hybridized carbons (Fsp3) is 0.0952. The Morgan fingerprint density at radius 2 is 1.61 bits per heavy atom. The molecule has 2 aromatic carbocycles. The summed E-state index contributed by atoms with van der Waals surface area (Å²) in [5.74, 6) is -0.777. The Balaban J connectivity index is 1.71. The molecule has 2 amide bonds. The van der Waals surface area contributed by atoms with Gasteiger partial charge in [0.05, 0.1) is 11.9 Å². The highest BCUT2D eigenvalue weighted by molar-refractivity contribution is 6.02. The summed E-state index contributed by atoms with van der Waals surface area (Å²) in [5, 5.41) is 9.63. The van der Waals surface area contributed by atoms with Crippen LogP contribution in [0.3, 0.4) is 0 Å². The van der Waals surface area contributed by atoms with Crippen LogP contribution in [0.5, 0.6) is 0 Å². The number of benzene rings is 2. The second-order valence-corrected chi connectivity index (χ2v) is 6.16. The van der Waals surface area contributed by atoms with E-state index < -0.39 is 0 Å². The van der Waals surface area contributed by atoms with Crippen LogP contribution >= 0.6 is 0 Å². The van der Waals surface area contributed by atoms with Crippen molar-refractivity contribution in [3.05, 3.63) is 72.2 Å². The van der Waals surface area contributed by atoms with Gasteiger partial charge in [0.1, 0.15) is 5.82 Å². The average Bonchev–Trinajstić information content (AvgIpc) is 3.02. The zero-order valence-electron chi connectivity index (χ0n) is 15.4. The van der Waals surface area contributed by atoms with Gasteiger partial charge in [-0.25, -0.2) is 4.39 Å². The standard InChI is InChI=1S/C21H19FN4O2/c1-14(27)24-18-8-10-19(11-9-18)25-20(28)12-5-16-13-23-26(2)21(16)15-3-6-17(22)7-4-15/h3-13H,1-2H3,(H,24,27)(H,25,28)/b12-5+. The Hall–Kier alpha value is -3.74. The van der Waals surface area contributed by atoms with Gasteiger partial charge in [0.15, 0.2) is 0 Å². The van der Waals surface area contributed by atoms with E-state index in [0.717, 1.165) is 16.8 Å². The third-order valence-electron chi connectivity index (χ3n) is 3.97. The largest absolute Gasteiger partial charge is 0.326 e. The van der Waals surface area contributed by atoms with Crippen molar-refractivity contribution in [3.63, 3.8) is 0 Å². The molecule has 0 radical (unpaired) electrons.